The van der Waals surface area contributed by atoms with Gasteiger partial charge in [-0.15, -0.1) is 0 Å². The van der Waals surface area contributed by atoms with Gasteiger partial charge >= 0.3 is 0 Å². The number of hydrogen-bond acceptors (Lipinski definition) is 3. The SMILES string of the molecule is N#Cc1ccc(CS(=O)c2ccc(N)cc2Cl)c(F)c1. The molecule has 2 aromatic rings. The van der Waals surface area contributed by atoms with E-state index in [2.05, 4.69) is 0 Å². The van der Waals surface area contributed by atoms with Gasteiger partial charge in [0.05, 0.1) is 38.1 Å². The molecule has 0 spiro atoms. The molecule has 20 heavy (non-hydrogen) atoms. The second kappa shape index (κ2) is 6.04. The molecule has 0 bridgehead atoms. The molecule has 0 radical (unpaired) electrons. The molecule has 0 aliphatic rings. The molecular weight excluding hydrogens is 299 g/mol. The van der Waals surface area contributed by atoms with Gasteiger partial charge in [-0.05, 0) is 30.3 Å². The molecule has 1 unspecified atom stereocenters. The van der Waals surface area contributed by atoms with Crippen molar-refractivity contribution in [3.63, 3.8) is 0 Å². The van der Waals surface area contributed by atoms with E-state index in [0.29, 0.717) is 10.6 Å². The number of nitrogen functional groups attached to an aromatic ring is 1. The van der Waals surface area contributed by atoms with Crippen LogP contribution in [0.1, 0.15) is 11.1 Å². The summed E-state index contributed by atoms with van der Waals surface area (Å²) in [5, 5.41) is 8.96. The third-order valence-electron chi connectivity index (χ3n) is 2.67. The van der Waals surface area contributed by atoms with Crippen LogP contribution in [0.4, 0.5) is 10.1 Å². The summed E-state index contributed by atoms with van der Waals surface area (Å²) in [7, 11) is -1.48. The van der Waals surface area contributed by atoms with Crippen molar-refractivity contribution in [3.8, 4) is 6.07 Å². The fourth-order valence-electron chi connectivity index (χ4n) is 1.65. The van der Waals surface area contributed by atoms with E-state index in [4.69, 9.17) is 22.6 Å². The van der Waals surface area contributed by atoms with E-state index < -0.39 is 16.6 Å². The van der Waals surface area contributed by atoms with Gasteiger partial charge in [0.15, 0.2) is 0 Å². The number of rotatable bonds is 3. The first-order chi connectivity index (χ1) is 9.51. The van der Waals surface area contributed by atoms with E-state index >= 15 is 0 Å². The van der Waals surface area contributed by atoms with Crippen molar-refractivity contribution in [2.75, 3.05) is 5.73 Å². The van der Waals surface area contributed by atoms with Crippen LogP contribution in [0, 0.1) is 17.1 Å². The summed E-state index contributed by atoms with van der Waals surface area (Å²) in [6, 6.07) is 10.6. The average Bonchev–Trinajstić information content (AvgIpc) is 2.40. The average molecular weight is 309 g/mol. The topological polar surface area (TPSA) is 66.9 Å². The van der Waals surface area contributed by atoms with Gasteiger partial charge in [-0.3, -0.25) is 4.21 Å². The molecule has 0 amide bonds. The summed E-state index contributed by atoms with van der Waals surface area (Å²) in [6.07, 6.45) is 0. The van der Waals surface area contributed by atoms with Crippen molar-refractivity contribution in [2.45, 2.75) is 10.6 Å². The third-order valence-corrected chi connectivity index (χ3v) is 4.51. The number of benzene rings is 2. The van der Waals surface area contributed by atoms with Crippen LogP contribution in [-0.2, 0) is 16.6 Å². The van der Waals surface area contributed by atoms with Crippen molar-refractivity contribution in [3.05, 3.63) is 58.4 Å². The van der Waals surface area contributed by atoms with Gasteiger partial charge in [-0.1, -0.05) is 17.7 Å². The highest BCUT2D eigenvalue weighted by Crippen LogP contribution is 2.25. The minimum atomic E-state index is -1.48. The lowest BCUT2D eigenvalue weighted by Crippen LogP contribution is -2.00. The summed E-state index contributed by atoms with van der Waals surface area (Å²) in [6.45, 7) is 0. The number of anilines is 1. The maximum absolute atomic E-state index is 13.7. The van der Waals surface area contributed by atoms with Crippen LogP contribution < -0.4 is 5.73 Å². The Morgan fingerprint density at radius 1 is 1.30 bits per heavy atom. The van der Waals surface area contributed by atoms with Crippen molar-refractivity contribution in [1.29, 1.82) is 5.26 Å². The highest BCUT2D eigenvalue weighted by Gasteiger charge is 2.13. The first-order valence-electron chi connectivity index (χ1n) is 5.63. The molecule has 2 N–H and O–H groups in total. The molecule has 0 fully saturated rings. The maximum Gasteiger partial charge on any atom is 0.128 e. The quantitative estimate of drug-likeness (QED) is 0.885. The Morgan fingerprint density at radius 2 is 2.05 bits per heavy atom. The van der Waals surface area contributed by atoms with E-state index in [-0.39, 0.29) is 21.9 Å². The molecule has 0 aromatic heterocycles. The van der Waals surface area contributed by atoms with Crippen molar-refractivity contribution in [1.82, 2.24) is 0 Å². The minimum Gasteiger partial charge on any atom is -0.399 e. The molecule has 0 heterocycles. The Labute approximate surface area is 123 Å². The fourth-order valence-corrected chi connectivity index (χ4v) is 3.27. The van der Waals surface area contributed by atoms with Crippen LogP contribution in [0.3, 0.4) is 0 Å². The van der Waals surface area contributed by atoms with Gasteiger partial charge in [0, 0.05) is 11.3 Å². The van der Waals surface area contributed by atoms with Crippen LogP contribution in [0.5, 0.6) is 0 Å². The summed E-state index contributed by atoms with van der Waals surface area (Å²) < 4.78 is 25.9. The first-order valence-corrected chi connectivity index (χ1v) is 7.33. The predicted molar refractivity (Wildman–Crippen MR) is 77.1 cm³/mol. The summed E-state index contributed by atoms with van der Waals surface area (Å²) >= 11 is 5.97. The van der Waals surface area contributed by atoms with Gasteiger partial charge in [0.2, 0.25) is 0 Å². The first kappa shape index (κ1) is 14.5. The molecule has 0 saturated carbocycles. The van der Waals surface area contributed by atoms with Crippen LogP contribution in [0.25, 0.3) is 0 Å². The second-order valence-electron chi connectivity index (χ2n) is 4.10. The molecule has 6 heteroatoms. The number of halogens is 2. The van der Waals surface area contributed by atoms with E-state index in [0.717, 1.165) is 6.07 Å². The van der Waals surface area contributed by atoms with Crippen molar-refractivity contribution >= 4 is 28.1 Å². The number of nitrogens with two attached hydrogens (primary N) is 1. The van der Waals surface area contributed by atoms with Crippen LogP contribution in [0.2, 0.25) is 5.02 Å². The highest BCUT2D eigenvalue weighted by molar-refractivity contribution is 7.84. The summed E-state index contributed by atoms with van der Waals surface area (Å²) in [5.74, 6) is -0.565. The van der Waals surface area contributed by atoms with Gasteiger partial charge in [-0.2, -0.15) is 5.26 Å². The standard InChI is InChI=1S/C14H10ClFN2OS/c15-12-6-11(18)3-4-14(12)20(19)8-10-2-1-9(7-17)5-13(10)16/h1-6H,8,18H2. The molecule has 2 rings (SSSR count). The van der Waals surface area contributed by atoms with Gasteiger partial charge in [0.25, 0.3) is 0 Å². The highest BCUT2D eigenvalue weighted by atomic mass is 35.5. The van der Waals surface area contributed by atoms with E-state index in [1.807, 2.05) is 6.07 Å². The van der Waals surface area contributed by atoms with Crippen molar-refractivity contribution < 1.29 is 8.60 Å². The normalized spacial score (nSPS) is 11.8. The number of nitriles is 1. The summed E-state index contributed by atoms with van der Waals surface area (Å²) in [5.41, 5.74) is 6.53. The lowest BCUT2D eigenvalue weighted by atomic mass is 10.1. The maximum atomic E-state index is 13.7. The smallest absolute Gasteiger partial charge is 0.128 e. The van der Waals surface area contributed by atoms with Crippen molar-refractivity contribution in [2.24, 2.45) is 0 Å². The molecular formula is C14H10ClFN2OS. The minimum absolute atomic E-state index is 0.0127. The number of nitrogens with zero attached hydrogens (tertiary/aromatic N) is 1. The molecule has 3 nitrogen and oxygen atoms in total. The van der Waals surface area contributed by atoms with Gasteiger partial charge in [-0.25, -0.2) is 4.39 Å². The van der Waals surface area contributed by atoms with E-state index in [1.54, 1.807) is 12.1 Å². The largest absolute Gasteiger partial charge is 0.399 e. The third kappa shape index (κ3) is 3.16. The Hall–Kier alpha value is -1.90. The molecule has 1 atom stereocenters. The second-order valence-corrected chi connectivity index (χ2v) is 5.92. The Morgan fingerprint density at radius 3 is 2.65 bits per heavy atom. The summed E-state index contributed by atoms with van der Waals surface area (Å²) in [4.78, 5) is 0.407. The molecule has 0 aliphatic heterocycles. The Bertz CT molecular complexity index is 728. The predicted octanol–water partition coefficient (Wildman–Crippen LogP) is 3.24. The van der Waals surface area contributed by atoms with Gasteiger partial charge < -0.3 is 5.73 Å². The van der Waals surface area contributed by atoms with Crippen LogP contribution in [-0.4, -0.2) is 4.21 Å². The molecule has 0 aliphatic carbocycles. The molecule has 102 valence electrons. The molecule has 2 aromatic carbocycles. The van der Waals surface area contributed by atoms with E-state index in [1.165, 1.54) is 18.2 Å². The zero-order valence-electron chi connectivity index (χ0n) is 10.3. The van der Waals surface area contributed by atoms with Crippen LogP contribution >= 0.6 is 11.6 Å². The van der Waals surface area contributed by atoms with E-state index in [9.17, 15) is 8.60 Å². The van der Waals surface area contributed by atoms with Crippen LogP contribution in [0.15, 0.2) is 41.3 Å². The lowest BCUT2D eigenvalue weighted by molar-refractivity contribution is 0.614. The number of hydrogen-bond donors (Lipinski definition) is 1. The Balaban J connectivity index is 2.26. The zero-order chi connectivity index (χ0) is 14.7. The lowest BCUT2D eigenvalue weighted by Gasteiger charge is -2.07. The monoisotopic (exact) mass is 308 g/mol. The fraction of sp³-hybridized carbons (Fsp3) is 0.0714. The van der Waals surface area contributed by atoms with Gasteiger partial charge in [0.1, 0.15) is 5.82 Å². The zero-order valence-corrected chi connectivity index (χ0v) is 11.8. The molecule has 0 saturated heterocycles. The Kier molecular flexibility index (Phi) is 4.38.